The highest BCUT2D eigenvalue weighted by Crippen LogP contribution is 2.12. The first kappa shape index (κ1) is 21.2. The van der Waals surface area contributed by atoms with Gasteiger partial charge in [-0.1, -0.05) is 70.8 Å². The number of hydrogen-bond donors (Lipinski definition) is 1. The Morgan fingerprint density at radius 1 is 0.909 bits per heavy atom. The quantitative estimate of drug-likeness (QED) is 0.258. The molecule has 22 heavy (non-hydrogen) atoms. The van der Waals surface area contributed by atoms with Gasteiger partial charge in [0.05, 0.1) is 12.7 Å². The lowest BCUT2D eigenvalue weighted by Crippen LogP contribution is -2.05. The molecule has 1 unspecified atom stereocenters. The van der Waals surface area contributed by atoms with Crippen molar-refractivity contribution in [1.29, 1.82) is 0 Å². The lowest BCUT2D eigenvalue weighted by molar-refractivity contribution is -0.139. The molecular weight excluding hydrogens is 276 g/mol. The number of unbranched alkanes of at least 4 members (excludes halogenated alkanes) is 10. The zero-order valence-corrected chi connectivity index (χ0v) is 14.7. The van der Waals surface area contributed by atoms with E-state index in [1.807, 2.05) is 6.92 Å². The molecule has 3 heteroatoms. The molecule has 0 radical (unpaired) electrons. The highest BCUT2D eigenvalue weighted by molar-refractivity contribution is 5.86. The zero-order chi connectivity index (χ0) is 16.6. The minimum absolute atomic E-state index is 0.135. The van der Waals surface area contributed by atoms with Crippen LogP contribution in [0.2, 0.25) is 0 Å². The van der Waals surface area contributed by atoms with E-state index in [1.165, 1.54) is 51.4 Å². The fraction of sp³-hybridized carbons (Fsp3) is 0.842. The number of carbonyl (C=O) groups is 1. The summed E-state index contributed by atoms with van der Waals surface area (Å²) in [7, 11) is 0. The van der Waals surface area contributed by atoms with Crippen LogP contribution in [-0.4, -0.2) is 23.8 Å². The largest absolute Gasteiger partial charge is 0.462 e. The highest BCUT2D eigenvalue weighted by atomic mass is 16.5. The van der Waals surface area contributed by atoms with E-state index in [0.29, 0.717) is 12.2 Å². The standard InChI is InChI=1S/C19H36O3/c1-17(2)19(21)22-16-14-12-10-8-6-4-5-7-9-11-13-15-18(3)20/h18,20H,1,4-16H2,2-3H3. The van der Waals surface area contributed by atoms with Gasteiger partial charge in [0.2, 0.25) is 0 Å². The Morgan fingerprint density at radius 2 is 1.32 bits per heavy atom. The van der Waals surface area contributed by atoms with Crippen molar-refractivity contribution in [3.05, 3.63) is 12.2 Å². The molecule has 3 nitrogen and oxygen atoms in total. The molecule has 1 N–H and O–H groups in total. The summed E-state index contributed by atoms with van der Waals surface area (Å²) in [4.78, 5) is 11.1. The Hall–Kier alpha value is -0.830. The van der Waals surface area contributed by atoms with E-state index in [0.717, 1.165) is 25.7 Å². The maximum atomic E-state index is 11.1. The van der Waals surface area contributed by atoms with Crippen molar-refractivity contribution < 1.29 is 14.6 Å². The molecule has 0 heterocycles. The Bertz CT molecular complexity index is 284. The van der Waals surface area contributed by atoms with Gasteiger partial charge in [0, 0.05) is 5.57 Å². The number of aliphatic hydroxyl groups is 1. The van der Waals surface area contributed by atoms with Gasteiger partial charge in [0.25, 0.3) is 0 Å². The van der Waals surface area contributed by atoms with Crippen LogP contribution in [0.25, 0.3) is 0 Å². The summed E-state index contributed by atoms with van der Waals surface area (Å²) in [5.74, 6) is -0.270. The Morgan fingerprint density at radius 3 is 1.73 bits per heavy atom. The smallest absolute Gasteiger partial charge is 0.333 e. The van der Waals surface area contributed by atoms with Gasteiger partial charge in [-0.2, -0.15) is 0 Å². The molecule has 1 atom stereocenters. The number of ether oxygens (including phenoxy) is 1. The van der Waals surface area contributed by atoms with Gasteiger partial charge in [-0.25, -0.2) is 4.79 Å². The average molecular weight is 312 g/mol. The Kier molecular flexibility index (Phi) is 14.5. The second-order valence-electron chi connectivity index (χ2n) is 6.44. The second-order valence-corrected chi connectivity index (χ2v) is 6.44. The van der Waals surface area contributed by atoms with Gasteiger partial charge < -0.3 is 9.84 Å². The normalized spacial score (nSPS) is 12.1. The fourth-order valence-corrected chi connectivity index (χ4v) is 2.42. The summed E-state index contributed by atoms with van der Waals surface area (Å²) in [6.07, 6.45) is 14.5. The van der Waals surface area contributed by atoms with E-state index in [9.17, 15) is 4.79 Å². The van der Waals surface area contributed by atoms with Crippen molar-refractivity contribution in [3.8, 4) is 0 Å². The van der Waals surface area contributed by atoms with Crippen molar-refractivity contribution in [2.24, 2.45) is 0 Å². The minimum atomic E-state index is -0.270. The third-order valence-electron chi connectivity index (χ3n) is 3.85. The van der Waals surface area contributed by atoms with Crippen LogP contribution in [0.4, 0.5) is 0 Å². The van der Waals surface area contributed by atoms with Crippen LogP contribution >= 0.6 is 0 Å². The summed E-state index contributed by atoms with van der Waals surface area (Å²) < 4.78 is 5.06. The monoisotopic (exact) mass is 312 g/mol. The van der Waals surface area contributed by atoms with Gasteiger partial charge in [0.15, 0.2) is 0 Å². The van der Waals surface area contributed by atoms with Crippen LogP contribution in [0.5, 0.6) is 0 Å². The molecule has 0 saturated carbocycles. The molecule has 130 valence electrons. The summed E-state index contributed by atoms with van der Waals surface area (Å²) in [5.41, 5.74) is 0.478. The maximum absolute atomic E-state index is 11.1. The van der Waals surface area contributed by atoms with Gasteiger partial charge >= 0.3 is 5.97 Å². The van der Waals surface area contributed by atoms with E-state index >= 15 is 0 Å². The van der Waals surface area contributed by atoms with E-state index in [4.69, 9.17) is 9.84 Å². The summed E-state index contributed by atoms with van der Waals surface area (Å²) in [5, 5.41) is 9.15. The van der Waals surface area contributed by atoms with Crippen molar-refractivity contribution in [2.45, 2.75) is 97.0 Å². The van der Waals surface area contributed by atoms with Gasteiger partial charge in [-0.3, -0.25) is 0 Å². The number of esters is 1. The molecule has 0 aromatic rings. The summed E-state index contributed by atoms with van der Waals surface area (Å²) in [6.45, 7) is 7.62. The molecule has 0 aliphatic rings. The summed E-state index contributed by atoms with van der Waals surface area (Å²) in [6, 6.07) is 0. The van der Waals surface area contributed by atoms with Crippen molar-refractivity contribution in [2.75, 3.05) is 6.61 Å². The van der Waals surface area contributed by atoms with Gasteiger partial charge in [0.1, 0.15) is 0 Å². The molecule has 0 fully saturated rings. The van der Waals surface area contributed by atoms with Crippen LogP contribution in [0.3, 0.4) is 0 Å². The number of hydrogen-bond acceptors (Lipinski definition) is 3. The van der Waals surface area contributed by atoms with Crippen molar-refractivity contribution >= 4 is 5.97 Å². The van der Waals surface area contributed by atoms with Crippen molar-refractivity contribution in [3.63, 3.8) is 0 Å². The van der Waals surface area contributed by atoms with Crippen LogP contribution < -0.4 is 0 Å². The minimum Gasteiger partial charge on any atom is -0.462 e. The molecule has 0 spiro atoms. The number of carbonyl (C=O) groups excluding carboxylic acids is 1. The van der Waals surface area contributed by atoms with Crippen LogP contribution in [0.15, 0.2) is 12.2 Å². The maximum Gasteiger partial charge on any atom is 0.333 e. The SMILES string of the molecule is C=C(C)C(=O)OCCCCCCCCCCCCCC(C)O. The lowest BCUT2D eigenvalue weighted by atomic mass is 10.0. The molecular formula is C19H36O3. The molecule has 0 amide bonds. The average Bonchev–Trinajstić information content (AvgIpc) is 2.46. The van der Waals surface area contributed by atoms with Crippen LogP contribution in [0.1, 0.15) is 90.9 Å². The third kappa shape index (κ3) is 15.6. The first-order chi connectivity index (χ1) is 10.5. The fourth-order valence-electron chi connectivity index (χ4n) is 2.42. The van der Waals surface area contributed by atoms with Gasteiger partial charge in [-0.05, 0) is 26.7 Å². The second kappa shape index (κ2) is 15.1. The van der Waals surface area contributed by atoms with Crippen molar-refractivity contribution in [1.82, 2.24) is 0 Å². The van der Waals surface area contributed by atoms with E-state index in [2.05, 4.69) is 6.58 Å². The summed E-state index contributed by atoms with van der Waals surface area (Å²) >= 11 is 0. The molecule has 0 aromatic heterocycles. The lowest BCUT2D eigenvalue weighted by Gasteiger charge is -2.05. The molecule has 0 aliphatic heterocycles. The zero-order valence-electron chi connectivity index (χ0n) is 14.7. The van der Waals surface area contributed by atoms with Crippen LogP contribution in [0, 0.1) is 0 Å². The highest BCUT2D eigenvalue weighted by Gasteiger charge is 2.01. The molecule has 0 bridgehead atoms. The van der Waals surface area contributed by atoms with Gasteiger partial charge in [-0.15, -0.1) is 0 Å². The van der Waals surface area contributed by atoms with E-state index in [-0.39, 0.29) is 12.1 Å². The first-order valence-corrected chi connectivity index (χ1v) is 9.04. The van der Waals surface area contributed by atoms with E-state index in [1.54, 1.807) is 6.92 Å². The predicted octanol–water partition coefficient (Wildman–Crippen LogP) is 5.17. The molecule has 0 aromatic carbocycles. The molecule has 0 rings (SSSR count). The number of rotatable bonds is 15. The first-order valence-electron chi connectivity index (χ1n) is 9.04. The molecule has 0 saturated heterocycles. The number of aliphatic hydroxyl groups excluding tert-OH is 1. The molecule has 0 aliphatic carbocycles. The topological polar surface area (TPSA) is 46.5 Å². The predicted molar refractivity (Wildman–Crippen MR) is 92.9 cm³/mol. The van der Waals surface area contributed by atoms with Crippen LogP contribution in [-0.2, 0) is 9.53 Å². The third-order valence-corrected chi connectivity index (χ3v) is 3.85. The van der Waals surface area contributed by atoms with E-state index < -0.39 is 0 Å². The Balaban J connectivity index is 3.08. The Labute approximate surface area is 137 Å².